The minimum absolute atomic E-state index is 0.111. The van der Waals surface area contributed by atoms with Gasteiger partial charge in [-0.05, 0) is 11.4 Å². The Hall–Kier alpha value is -2.30. The summed E-state index contributed by atoms with van der Waals surface area (Å²) >= 11 is 1.44. The van der Waals surface area contributed by atoms with E-state index < -0.39 is 11.8 Å². The molecule has 0 aliphatic rings. The Morgan fingerprint density at radius 3 is 2.48 bits per heavy atom. The zero-order valence-electron chi connectivity index (χ0n) is 11.1. The number of nitrogens with two attached hydrogens (primary N) is 3. The number of aromatic nitrogens is 2. The Morgan fingerprint density at radius 1 is 1.24 bits per heavy atom. The first-order chi connectivity index (χ1) is 9.99. The minimum atomic E-state index is -0.564. The quantitative estimate of drug-likeness (QED) is 0.368. The Balaban J connectivity index is 2.26. The molecule has 9 nitrogen and oxygen atoms in total. The van der Waals surface area contributed by atoms with E-state index in [1.54, 1.807) is 0 Å². The zero-order valence-corrected chi connectivity index (χ0v) is 11.9. The van der Waals surface area contributed by atoms with Crippen LogP contribution in [0.4, 0.5) is 5.82 Å². The predicted octanol–water partition coefficient (Wildman–Crippen LogP) is -1.25. The first-order valence-electron chi connectivity index (χ1n) is 5.99. The highest BCUT2D eigenvalue weighted by atomic mass is 32.1. The molecule has 0 spiro atoms. The number of hydrogen-bond donors (Lipinski definition) is 4. The fraction of sp³-hybridized carbons (Fsp3) is 0.273. The molecule has 2 heterocycles. The summed E-state index contributed by atoms with van der Waals surface area (Å²) in [5, 5.41) is 2.68. The van der Waals surface area contributed by atoms with E-state index in [0.29, 0.717) is 11.6 Å². The molecule has 0 atom stereocenters. The first kappa shape index (κ1) is 15.1. The Bertz CT molecular complexity index is 656. The number of thiophene rings is 1. The van der Waals surface area contributed by atoms with Gasteiger partial charge in [-0.1, -0.05) is 0 Å². The molecule has 10 heteroatoms. The van der Waals surface area contributed by atoms with Crippen LogP contribution in [0.2, 0.25) is 0 Å². The SMILES string of the molecule is NNc1nc(CN(CC(N)=O)CC(N)=O)nc2sccc12. The second-order valence-corrected chi connectivity index (χ2v) is 5.24. The van der Waals surface area contributed by atoms with Gasteiger partial charge in [-0.2, -0.15) is 0 Å². The molecule has 2 aromatic rings. The van der Waals surface area contributed by atoms with Gasteiger partial charge < -0.3 is 16.9 Å². The molecule has 112 valence electrons. The molecular formula is C11H15N7O2S. The molecule has 0 saturated heterocycles. The molecule has 2 rings (SSSR count). The van der Waals surface area contributed by atoms with Crippen molar-refractivity contribution in [2.24, 2.45) is 17.3 Å². The van der Waals surface area contributed by atoms with Gasteiger partial charge in [0.1, 0.15) is 10.7 Å². The number of fused-ring (bicyclic) bond motifs is 1. The zero-order chi connectivity index (χ0) is 15.4. The van der Waals surface area contributed by atoms with Crippen LogP contribution in [0.1, 0.15) is 5.82 Å². The number of carbonyl (C=O) groups is 2. The van der Waals surface area contributed by atoms with Gasteiger partial charge in [0.2, 0.25) is 11.8 Å². The molecule has 0 unspecified atom stereocenters. The van der Waals surface area contributed by atoms with Gasteiger partial charge in [0.15, 0.2) is 5.82 Å². The Labute approximate surface area is 124 Å². The molecule has 21 heavy (non-hydrogen) atoms. The molecule has 2 aromatic heterocycles. The van der Waals surface area contributed by atoms with Crippen molar-refractivity contribution >= 4 is 39.2 Å². The summed E-state index contributed by atoms with van der Waals surface area (Å²) in [7, 11) is 0. The van der Waals surface area contributed by atoms with E-state index in [1.165, 1.54) is 16.2 Å². The van der Waals surface area contributed by atoms with E-state index >= 15 is 0 Å². The van der Waals surface area contributed by atoms with Crippen LogP contribution < -0.4 is 22.7 Å². The molecule has 0 aliphatic carbocycles. The summed E-state index contributed by atoms with van der Waals surface area (Å²) < 4.78 is 0. The smallest absolute Gasteiger partial charge is 0.231 e. The summed E-state index contributed by atoms with van der Waals surface area (Å²) in [4.78, 5) is 32.9. The number of hydrazine groups is 1. The normalized spacial score (nSPS) is 11.0. The number of nitrogen functional groups attached to an aromatic ring is 1. The molecule has 7 N–H and O–H groups in total. The Morgan fingerprint density at radius 2 is 1.90 bits per heavy atom. The maximum atomic E-state index is 11.0. The maximum Gasteiger partial charge on any atom is 0.231 e. The Kier molecular flexibility index (Phi) is 4.62. The third-order valence-electron chi connectivity index (χ3n) is 2.63. The van der Waals surface area contributed by atoms with Crippen LogP contribution in [0.15, 0.2) is 11.4 Å². The number of amides is 2. The van der Waals surface area contributed by atoms with Crippen LogP contribution >= 0.6 is 11.3 Å². The predicted molar refractivity (Wildman–Crippen MR) is 78.9 cm³/mol. The van der Waals surface area contributed by atoms with Crippen LogP contribution in [0.3, 0.4) is 0 Å². The standard InChI is InChI=1S/C11H15N7O2S/c12-7(19)3-18(4-8(13)20)5-9-15-10(17-14)6-1-2-21-11(6)16-9/h1-2H,3-5,14H2,(H2,12,19)(H2,13,20)(H,15,16,17). The largest absolute Gasteiger partial charge is 0.369 e. The lowest BCUT2D eigenvalue weighted by molar-refractivity contribution is -0.122. The van der Waals surface area contributed by atoms with E-state index in [4.69, 9.17) is 17.3 Å². The minimum Gasteiger partial charge on any atom is -0.369 e. The highest BCUT2D eigenvalue weighted by Gasteiger charge is 2.15. The molecule has 0 fully saturated rings. The van der Waals surface area contributed by atoms with Gasteiger partial charge in [-0.15, -0.1) is 11.3 Å². The molecule has 0 aliphatic heterocycles. The van der Waals surface area contributed by atoms with Crippen molar-refractivity contribution in [1.82, 2.24) is 14.9 Å². The second kappa shape index (κ2) is 6.43. The lowest BCUT2D eigenvalue weighted by Gasteiger charge is -2.18. The summed E-state index contributed by atoms with van der Waals surface area (Å²) in [6, 6.07) is 1.85. The topological polar surface area (TPSA) is 153 Å². The summed E-state index contributed by atoms with van der Waals surface area (Å²) in [6.45, 7) is -0.0608. The number of nitrogens with one attached hydrogen (secondary N) is 1. The van der Waals surface area contributed by atoms with Gasteiger partial charge in [0.25, 0.3) is 0 Å². The third kappa shape index (κ3) is 3.84. The number of primary amides is 2. The van der Waals surface area contributed by atoms with Crippen LogP contribution in [0.5, 0.6) is 0 Å². The molecule has 0 bridgehead atoms. The fourth-order valence-corrected chi connectivity index (χ4v) is 2.67. The van der Waals surface area contributed by atoms with Gasteiger partial charge >= 0.3 is 0 Å². The number of anilines is 1. The van der Waals surface area contributed by atoms with E-state index in [0.717, 1.165) is 10.2 Å². The molecule has 0 aromatic carbocycles. The van der Waals surface area contributed by atoms with Crippen molar-refractivity contribution in [2.75, 3.05) is 18.5 Å². The van der Waals surface area contributed by atoms with Crippen molar-refractivity contribution in [1.29, 1.82) is 0 Å². The van der Waals surface area contributed by atoms with Crippen molar-refractivity contribution in [3.8, 4) is 0 Å². The number of nitrogens with zero attached hydrogens (tertiary/aromatic N) is 3. The average Bonchev–Trinajstić information content (AvgIpc) is 2.84. The monoisotopic (exact) mass is 309 g/mol. The summed E-state index contributed by atoms with van der Waals surface area (Å²) in [5.41, 5.74) is 12.8. The molecule has 0 radical (unpaired) electrons. The van der Waals surface area contributed by atoms with Gasteiger partial charge in [-0.25, -0.2) is 15.8 Å². The van der Waals surface area contributed by atoms with Gasteiger partial charge in [-0.3, -0.25) is 14.5 Å². The molecule has 2 amide bonds. The summed E-state index contributed by atoms with van der Waals surface area (Å²) in [5.74, 6) is 5.21. The summed E-state index contributed by atoms with van der Waals surface area (Å²) in [6.07, 6.45) is 0. The van der Waals surface area contributed by atoms with Crippen molar-refractivity contribution in [2.45, 2.75) is 6.54 Å². The number of carbonyl (C=O) groups excluding carboxylic acids is 2. The van der Waals surface area contributed by atoms with E-state index in [2.05, 4.69) is 15.4 Å². The first-order valence-corrected chi connectivity index (χ1v) is 6.87. The molecular weight excluding hydrogens is 294 g/mol. The lowest BCUT2D eigenvalue weighted by Crippen LogP contribution is -2.39. The highest BCUT2D eigenvalue weighted by Crippen LogP contribution is 2.24. The maximum absolute atomic E-state index is 11.0. The van der Waals surface area contributed by atoms with Crippen LogP contribution in [0, 0.1) is 0 Å². The second-order valence-electron chi connectivity index (χ2n) is 4.35. The fourth-order valence-electron chi connectivity index (χ4n) is 1.89. The van der Waals surface area contributed by atoms with Gasteiger partial charge in [0, 0.05) is 0 Å². The number of rotatable bonds is 7. The van der Waals surface area contributed by atoms with E-state index in [9.17, 15) is 9.59 Å². The average molecular weight is 309 g/mol. The van der Waals surface area contributed by atoms with Crippen LogP contribution in [0.25, 0.3) is 10.2 Å². The van der Waals surface area contributed by atoms with Crippen molar-refractivity contribution in [3.63, 3.8) is 0 Å². The van der Waals surface area contributed by atoms with Crippen molar-refractivity contribution < 1.29 is 9.59 Å². The van der Waals surface area contributed by atoms with Crippen LogP contribution in [-0.2, 0) is 16.1 Å². The lowest BCUT2D eigenvalue weighted by atomic mass is 10.3. The van der Waals surface area contributed by atoms with Gasteiger partial charge in [0.05, 0.1) is 25.0 Å². The van der Waals surface area contributed by atoms with Crippen LogP contribution in [-0.4, -0.2) is 39.8 Å². The highest BCUT2D eigenvalue weighted by molar-refractivity contribution is 7.16. The molecule has 0 saturated carbocycles. The van der Waals surface area contributed by atoms with E-state index in [1.807, 2.05) is 11.4 Å². The third-order valence-corrected chi connectivity index (χ3v) is 3.44. The van der Waals surface area contributed by atoms with E-state index in [-0.39, 0.29) is 19.6 Å². The van der Waals surface area contributed by atoms with Crippen molar-refractivity contribution in [3.05, 3.63) is 17.3 Å². The number of hydrogen-bond acceptors (Lipinski definition) is 8.